The molecule has 23 heavy (non-hydrogen) atoms. The van der Waals surface area contributed by atoms with E-state index < -0.39 is 6.10 Å². The van der Waals surface area contributed by atoms with Crippen LogP contribution < -0.4 is 15.5 Å². The molecule has 0 spiro atoms. The number of aliphatic hydroxyl groups is 1. The molecule has 1 aromatic rings. The molecule has 0 saturated carbocycles. The highest BCUT2D eigenvalue weighted by atomic mass is 16.3. The van der Waals surface area contributed by atoms with Crippen LogP contribution in [0.15, 0.2) is 24.3 Å². The first-order chi connectivity index (χ1) is 11.0. The van der Waals surface area contributed by atoms with Gasteiger partial charge in [0.15, 0.2) is 0 Å². The Hall–Kier alpha value is -1.92. The average molecular weight is 317 g/mol. The summed E-state index contributed by atoms with van der Waals surface area (Å²) >= 11 is 0. The van der Waals surface area contributed by atoms with Crippen LogP contribution in [0.25, 0.3) is 0 Å². The van der Waals surface area contributed by atoms with Crippen LogP contribution in [0.1, 0.15) is 37.8 Å². The number of rotatable bonds is 4. The fourth-order valence-corrected chi connectivity index (χ4v) is 3.18. The van der Waals surface area contributed by atoms with Gasteiger partial charge in [-0.15, -0.1) is 0 Å². The highest BCUT2D eigenvalue weighted by molar-refractivity contribution is 5.95. The van der Waals surface area contributed by atoms with Gasteiger partial charge in [-0.25, -0.2) is 0 Å². The Balaban J connectivity index is 1.60. The van der Waals surface area contributed by atoms with Crippen molar-refractivity contribution in [3.63, 3.8) is 0 Å². The molecule has 0 bridgehead atoms. The summed E-state index contributed by atoms with van der Waals surface area (Å²) in [7, 11) is 0. The van der Waals surface area contributed by atoms with Crippen molar-refractivity contribution in [2.75, 3.05) is 18.0 Å². The normalized spacial score (nSPS) is 25.7. The molecule has 124 valence electrons. The summed E-state index contributed by atoms with van der Waals surface area (Å²) in [5, 5.41) is 15.5. The molecule has 2 heterocycles. The van der Waals surface area contributed by atoms with Gasteiger partial charge in [-0.2, -0.15) is 0 Å². The summed E-state index contributed by atoms with van der Waals surface area (Å²) in [6.45, 7) is 3.17. The first kappa shape index (κ1) is 16.0. The lowest BCUT2D eigenvalue weighted by Crippen LogP contribution is -2.41. The van der Waals surface area contributed by atoms with Gasteiger partial charge in [-0.05, 0) is 37.5 Å². The monoisotopic (exact) mass is 317 g/mol. The Kier molecular flexibility index (Phi) is 4.63. The molecule has 2 fully saturated rings. The number of nitrogens with zero attached hydrogens (tertiary/aromatic N) is 1. The Bertz CT molecular complexity index is 587. The van der Waals surface area contributed by atoms with Crippen LogP contribution in [-0.2, 0) is 9.59 Å². The van der Waals surface area contributed by atoms with Gasteiger partial charge in [-0.1, -0.05) is 12.1 Å². The average Bonchev–Trinajstić information content (AvgIpc) is 3.16. The van der Waals surface area contributed by atoms with Gasteiger partial charge in [0, 0.05) is 25.2 Å². The van der Waals surface area contributed by atoms with E-state index in [-0.39, 0.29) is 23.9 Å². The molecule has 2 aliphatic heterocycles. The van der Waals surface area contributed by atoms with Crippen molar-refractivity contribution < 1.29 is 14.7 Å². The minimum Gasteiger partial charge on any atom is -0.392 e. The van der Waals surface area contributed by atoms with E-state index in [9.17, 15) is 14.7 Å². The molecule has 3 N–H and O–H groups in total. The summed E-state index contributed by atoms with van der Waals surface area (Å²) in [4.78, 5) is 25.7. The predicted octanol–water partition coefficient (Wildman–Crippen LogP) is 0.713. The van der Waals surface area contributed by atoms with Crippen LogP contribution in [0.5, 0.6) is 0 Å². The van der Waals surface area contributed by atoms with Crippen LogP contribution in [-0.4, -0.2) is 42.2 Å². The zero-order chi connectivity index (χ0) is 16.4. The first-order valence-electron chi connectivity index (χ1n) is 8.17. The fourth-order valence-electron chi connectivity index (χ4n) is 3.18. The number of benzene rings is 1. The quantitative estimate of drug-likeness (QED) is 0.764. The topological polar surface area (TPSA) is 81.7 Å². The molecule has 3 rings (SSSR count). The number of nitrogens with one attached hydrogen (secondary N) is 2. The van der Waals surface area contributed by atoms with Crippen molar-refractivity contribution in [2.24, 2.45) is 0 Å². The molecule has 0 aromatic heterocycles. The van der Waals surface area contributed by atoms with Crippen LogP contribution in [0.3, 0.4) is 0 Å². The zero-order valence-corrected chi connectivity index (χ0v) is 13.3. The Morgan fingerprint density at radius 3 is 2.70 bits per heavy atom. The van der Waals surface area contributed by atoms with E-state index in [1.165, 1.54) is 0 Å². The Morgan fingerprint density at radius 2 is 2.13 bits per heavy atom. The van der Waals surface area contributed by atoms with Crippen molar-refractivity contribution >= 4 is 17.5 Å². The van der Waals surface area contributed by atoms with E-state index in [1.54, 1.807) is 4.90 Å². The van der Waals surface area contributed by atoms with Crippen LogP contribution in [0.4, 0.5) is 5.69 Å². The van der Waals surface area contributed by atoms with E-state index >= 15 is 0 Å². The summed E-state index contributed by atoms with van der Waals surface area (Å²) < 4.78 is 0. The lowest BCUT2D eigenvalue weighted by molar-refractivity contribution is -0.123. The van der Waals surface area contributed by atoms with E-state index in [2.05, 4.69) is 10.6 Å². The number of hydrogen-bond acceptors (Lipinski definition) is 4. The first-order valence-corrected chi connectivity index (χ1v) is 8.17. The van der Waals surface area contributed by atoms with E-state index in [0.717, 1.165) is 24.2 Å². The van der Waals surface area contributed by atoms with Gasteiger partial charge in [0.2, 0.25) is 11.8 Å². The van der Waals surface area contributed by atoms with Gasteiger partial charge in [0.25, 0.3) is 0 Å². The maximum atomic E-state index is 12.2. The van der Waals surface area contributed by atoms with Crippen molar-refractivity contribution in [1.29, 1.82) is 0 Å². The van der Waals surface area contributed by atoms with Crippen LogP contribution >= 0.6 is 0 Å². The minimum atomic E-state index is -0.446. The summed E-state index contributed by atoms with van der Waals surface area (Å²) in [5.74, 6) is 0.0813. The SMILES string of the molecule is C[C@H](NC(=O)[C@H]1C[C@H](O)CN1)c1ccc(N2CCCC2=O)cc1. The second kappa shape index (κ2) is 6.68. The third-order valence-corrected chi connectivity index (χ3v) is 4.56. The van der Waals surface area contributed by atoms with Crippen LogP contribution in [0, 0.1) is 0 Å². The number of hydrogen-bond donors (Lipinski definition) is 3. The maximum Gasteiger partial charge on any atom is 0.237 e. The largest absolute Gasteiger partial charge is 0.392 e. The molecule has 0 unspecified atom stereocenters. The van der Waals surface area contributed by atoms with Gasteiger partial charge in [0.05, 0.1) is 18.2 Å². The van der Waals surface area contributed by atoms with Gasteiger partial charge in [0.1, 0.15) is 0 Å². The molecule has 0 aliphatic carbocycles. The highest BCUT2D eigenvalue weighted by Crippen LogP contribution is 2.23. The second-order valence-electron chi connectivity index (χ2n) is 6.32. The third kappa shape index (κ3) is 3.54. The minimum absolute atomic E-state index is 0.0900. The molecule has 0 radical (unpaired) electrons. The standard InChI is InChI=1S/C17H23N3O3/c1-11(19-17(23)15-9-14(21)10-18-15)12-4-6-13(7-5-12)20-8-2-3-16(20)22/h4-7,11,14-15,18,21H,2-3,8-10H2,1H3,(H,19,23)/t11-,14-,15+/m0/s1. The van der Waals surface area contributed by atoms with E-state index in [1.807, 2.05) is 31.2 Å². The molecular weight excluding hydrogens is 294 g/mol. The number of carbonyl (C=O) groups excluding carboxylic acids is 2. The molecule has 2 aliphatic rings. The summed E-state index contributed by atoms with van der Waals surface area (Å²) in [6.07, 6.45) is 1.54. The molecule has 6 nitrogen and oxygen atoms in total. The summed E-state index contributed by atoms with van der Waals surface area (Å²) in [5.41, 5.74) is 1.91. The summed E-state index contributed by atoms with van der Waals surface area (Å²) in [6, 6.07) is 7.31. The third-order valence-electron chi connectivity index (χ3n) is 4.56. The maximum absolute atomic E-state index is 12.2. The van der Waals surface area contributed by atoms with Crippen molar-refractivity contribution in [3.05, 3.63) is 29.8 Å². The van der Waals surface area contributed by atoms with Crippen molar-refractivity contribution in [1.82, 2.24) is 10.6 Å². The Labute approximate surface area is 135 Å². The molecule has 3 atom stereocenters. The molecular formula is C17H23N3O3. The van der Waals surface area contributed by atoms with E-state index in [4.69, 9.17) is 0 Å². The molecule has 2 amide bonds. The predicted molar refractivity (Wildman–Crippen MR) is 87.0 cm³/mol. The molecule has 1 aromatic carbocycles. The smallest absolute Gasteiger partial charge is 0.237 e. The fraction of sp³-hybridized carbons (Fsp3) is 0.529. The van der Waals surface area contributed by atoms with Crippen molar-refractivity contribution in [2.45, 2.75) is 44.4 Å². The number of carbonyl (C=O) groups is 2. The van der Waals surface area contributed by atoms with Crippen molar-refractivity contribution in [3.8, 4) is 0 Å². The lowest BCUT2D eigenvalue weighted by atomic mass is 10.1. The molecule has 2 saturated heterocycles. The second-order valence-corrected chi connectivity index (χ2v) is 6.32. The highest BCUT2D eigenvalue weighted by Gasteiger charge is 2.28. The zero-order valence-electron chi connectivity index (χ0n) is 13.3. The van der Waals surface area contributed by atoms with Gasteiger partial charge in [-0.3, -0.25) is 9.59 Å². The van der Waals surface area contributed by atoms with Crippen LogP contribution in [0.2, 0.25) is 0 Å². The number of anilines is 1. The van der Waals surface area contributed by atoms with E-state index in [0.29, 0.717) is 19.4 Å². The Morgan fingerprint density at radius 1 is 1.39 bits per heavy atom. The number of β-amino-alcohol motifs (C(OH)–C–C–N with tert-alkyl or cyclic N) is 1. The number of amides is 2. The van der Waals surface area contributed by atoms with Gasteiger partial charge >= 0.3 is 0 Å². The van der Waals surface area contributed by atoms with Gasteiger partial charge < -0.3 is 20.6 Å². The lowest BCUT2D eigenvalue weighted by Gasteiger charge is -2.20. The molecule has 6 heteroatoms. The number of aliphatic hydroxyl groups excluding tert-OH is 1.